The molecule has 0 radical (unpaired) electrons. The van der Waals surface area contributed by atoms with Crippen molar-refractivity contribution in [1.29, 1.82) is 0 Å². The van der Waals surface area contributed by atoms with Gasteiger partial charge in [-0.15, -0.1) is 0 Å². The van der Waals surface area contributed by atoms with E-state index in [0.29, 0.717) is 0 Å². The van der Waals surface area contributed by atoms with Crippen LogP contribution in [-0.4, -0.2) is 4.57 Å². The monoisotopic (exact) mass is 852 g/mol. The van der Waals surface area contributed by atoms with Crippen molar-refractivity contribution in [2.75, 3.05) is 4.90 Å². The number of aromatic nitrogens is 1. The van der Waals surface area contributed by atoms with Crippen molar-refractivity contribution in [3.63, 3.8) is 0 Å². The second-order valence-corrected chi connectivity index (χ2v) is 17.5. The van der Waals surface area contributed by atoms with E-state index in [-0.39, 0.29) is 0 Å². The zero-order chi connectivity index (χ0) is 44.3. The minimum absolute atomic E-state index is 0.564. The second-order valence-electron chi connectivity index (χ2n) is 17.5. The van der Waals surface area contributed by atoms with Crippen molar-refractivity contribution in [3.8, 4) is 39.1 Å². The standard InChI is InChI=1S/C65H44N2/c1-4-22-45(23-5-1)51-36-18-24-46-25-19-37-55(63(46)51)54-34-12-16-40-59(54)67(62-43-21-42-61-64(62)56-35-13-17-41-60(56)66(61)49-29-8-3-9-30-49)50-31-20-28-48(44-50)65(47-26-6-2-7-27-47)57-38-14-10-32-52(57)53-33-11-15-39-58(53)65/h1-44H. The maximum Gasteiger partial charge on any atom is 0.0714 e. The van der Waals surface area contributed by atoms with E-state index in [2.05, 4.69) is 276 Å². The summed E-state index contributed by atoms with van der Waals surface area (Å²) in [5, 5.41) is 4.84. The lowest BCUT2D eigenvalue weighted by Crippen LogP contribution is -2.28. The van der Waals surface area contributed by atoms with Gasteiger partial charge in [0.2, 0.25) is 0 Å². The molecule has 0 amide bonds. The van der Waals surface area contributed by atoms with Crippen LogP contribution in [0, 0.1) is 0 Å². The zero-order valence-corrected chi connectivity index (χ0v) is 36.8. The van der Waals surface area contributed by atoms with Gasteiger partial charge in [0, 0.05) is 27.7 Å². The minimum atomic E-state index is -0.564. The number of hydrogen-bond acceptors (Lipinski definition) is 1. The molecular weight excluding hydrogens is 809 g/mol. The fraction of sp³-hybridized carbons (Fsp3) is 0.0154. The third-order valence-electron chi connectivity index (χ3n) is 14.1. The van der Waals surface area contributed by atoms with Gasteiger partial charge in [-0.25, -0.2) is 0 Å². The molecule has 1 heterocycles. The molecule has 12 aromatic rings. The molecule has 0 unspecified atom stereocenters. The highest BCUT2D eigenvalue weighted by atomic mass is 15.2. The van der Waals surface area contributed by atoms with Crippen molar-refractivity contribution in [1.82, 2.24) is 4.57 Å². The Hall–Kier alpha value is -8.72. The predicted octanol–water partition coefficient (Wildman–Crippen LogP) is 17.1. The number of fused-ring (bicyclic) bond motifs is 7. The van der Waals surface area contributed by atoms with Crippen molar-refractivity contribution in [2.45, 2.75) is 5.41 Å². The van der Waals surface area contributed by atoms with E-state index in [4.69, 9.17) is 0 Å². The second kappa shape index (κ2) is 15.8. The van der Waals surface area contributed by atoms with Crippen LogP contribution < -0.4 is 4.90 Å². The van der Waals surface area contributed by atoms with Gasteiger partial charge in [-0.05, 0) is 109 Å². The maximum absolute atomic E-state index is 2.54. The van der Waals surface area contributed by atoms with E-state index >= 15 is 0 Å². The summed E-state index contributed by atoms with van der Waals surface area (Å²) in [6, 6.07) is 98.3. The summed E-state index contributed by atoms with van der Waals surface area (Å²) >= 11 is 0. The minimum Gasteiger partial charge on any atom is -0.309 e. The summed E-state index contributed by atoms with van der Waals surface area (Å²) in [4.78, 5) is 2.54. The smallest absolute Gasteiger partial charge is 0.0714 e. The topological polar surface area (TPSA) is 8.17 Å². The van der Waals surface area contributed by atoms with Crippen molar-refractivity contribution in [3.05, 3.63) is 289 Å². The van der Waals surface area contributed by atoms with Crippen LogP contribution in [0.25, 0.3) is 71.6 Å². The molecule has 0 N–H and O–H groups in total. The molecule has 0 bridgehead atoms. The van der Waals surface area contributed by atoms with Gasteiger partial charge in [-0.3, -0.25) is 0 Å². The molecule has 1 aromatic heterocycles. The van der Waals surface area contributed by atoms with Crippen LogP contribution in [0.15, 0.2) is 267 Å². The van der Waals surface area contributed by atoms with Gasteiger partial charge < -0.3 is 9.47 Å². The lowest BCUT2D eigenvalue weighted by Gasteiger charge is -2.35. The molecule has 0 saturated heterocycles. The molecule has 2 heteroatoms. The third kappa shape index (κ3) is 5.97. The summed E-state index contributed by atoms with van der Waals surface area (Å²) in [5.74, 6) is 0. The molecule has 2 nitrogen and oxygen atoms in total. The average Bonchev–Trinajstić information content (AvgIpc) is 3.91. The summed E-state index contributed by atoms with van der Waals surface area (Å²) in [7, 11) is 0. The van der Waals surface area contributed by atoms with Gasteiger partial charge in [0.15, 0.2) is 0 Å². The van der Waals surface area contributed by atoms with Gasteiger partial charge >= 0.3 is 0 Å². The highest BCUT2D eigenvalue weighted by molar-refractivity contribution is 6.17. The molecule has 11 aromatic carbocycles. The lowest BCUT2D eigenvalue weighted by atomic mass is 9.67. The van der Waals surface area contributed by atoms with Crippen LogP contribution in [0.3, 0.4) is 0 Å². The van der Waals surface area contributed by atoms with Gasteiger partial charge in [0.1, 0.15) is 0 Å². The molecule has 13 rings (SSSR count). The van der Waals surface area contributed by atoms with Crippen molar-refractivity contribution < 1.29 is 0 Å². The molecule has 1 aliphatic rings. The molecule has 1 aliphatic carbocycles. The first-order chi connectivity index (χ1) is 33.3. The van der Waals surface area contributed by atoms with Crippen LogP contribution in [0.2, 0.25) is 0 Å². The van der Waals surface area contributed by atoms with E-state index in [1.54, 1.807) is 0 Å². The van der Waals surface area contributed by atoms with Crippen LogP contribution in [0.4, 0.5) is 17.1 Å². The Bertz CT molecular complexity index is 3760. The summed E-state index contributed by atoms with van der Waals surface area (Å²) < 4.78 is 2.42. The van der Waals surface area contributed by atoms with Crippen molar-refractivity contribution >= 4 is 49.6 Å². The first-order valence-corrected chi connectivity index (χ1v) is 23.2. The van der Waals surface area contributed by atoms with Crippen LogP contribution in [-0.2, 0) is 5.41 Å². The van der Waals surface area contributed by atoms with Gasteiger partial charge in [-0.1, -0.05) is 218 Å². The first kappa shape index (κ1) is 38.7. The number of benzene rings is 11. The molecule has 0 aliphatic heterocycles. The largest absolute Gasteiger partial charge is 0.309 e. The van der Waals surface area contributed by atoms with Crippen molar-refractivity contribution in [2.24, 2.45) is 0 Å². The number of hydrogen-bond donors (Lipinski definition) is 0. The van der Waals surface area contributed by atoms with E-state index in [1.807, 2.05) is 0 Å². The molecule has 0 fully saturated rings. The van der Waals surface area contributed by atoms with Gasteiger partial charge in [0.25, 0.3) is 0 Å². The van der Waals surface area contributed by atoms with E-state index in [9.17, 15) is 0 Å². The molecule has 0 spiro atoms. The third-order valence-corrected chi connectivity index (χ3v) is 14.1. The SMILES string of the molecule is c1ccc(-c2cccc3cccc(-c4ccccc4N(c4cccc(C5(c6ccccc6)c6ccccc6-c6ccccc65)c4)c4cccc5c4c4ccccc4n5-c4ccccc4)c23)cc1. The molecule has 0 atom stereocenters. The number of anilines is 3. The normalized spacial score (nSPS) is 12.6. The molecular formula is C65H44N2. The Morgan fingerprint density at radius 1 is 0.328 bits per heavy atom. The van der Waals surface area contributed by atoms with E-state index in [0.717, 1.165) is 33.8 Å². The highest BCUT2D eigenvalue weighted by Crippen LogP contribution is 2.57. The predicted molar refractivity (Wildman–Crippen MR) is 281 cm³/mol. The Labute approximate surface area is 390 Å². The quantitative estimate of drug-likeness (QED) is 0.148. The highest BCUT2D eigenvalue weighted by Gasteiger charge is 2.46. The number of nitrogens with zero attached hydrogens (tertiary/aromatic N) is 2. The first-order valence-electron chi connectivity index (χ1n) is 23.2. The number of para-hydroxylation sites is 3. The summed E-state index contributed by atoms with van der Waals surface area (Å²) in [6.45, 7) is 0. The van der Waals surface area contributed by atoms with Crippen LogP contribution in [0.5, 0.6) is 0 Å². The molecule has 314 valence electrons. The van der Waals surface area contributed by atoms with Crippen LogP contribution >= 0.6 is 0 Å². The average molecular weight is 853 g/mol. The molecule has 67 heavy (non-hydrogen) atoms. The maximum atomic E-state index is 2.54. The summed E-state index contributed by atoms with van der Waals surface area (Å²) in [6.07, 6.45) is 0. The Morgan fingerprint density at radius 3 is 1.60 bits per heavy atom. The fourth-order valence-corrected chi connectivity index (χ4v) is 11.4. The Morgan fingerprint density at radius 2 is 0.851 bits per heavy atom. The van der Waals surface area contributed by atoms with Crippen LogP contribution in [0.1, 0.15) is 22.3 Å². The zero-order valence-electron chi connectivity index (χ0n) is 36.8. The molecule has 0 saturated carbocycles. The Kier molecular flexibility index (Phi) is 9.11. The summed E-state index contributed by atoms with van der Waals surface area (Å²) in [5.41, 5.74) is 18.5. The lowest BCUT2D eigenvalue weighted by molar-refractivity contribution is 0.768. The Balaban J connectivity index is 1.13. The number of rotatable bonds is 8. The van der Waals surface area contributed by atoms with Gasteiger partial charge in [0.05, 0.1) is 27.8 Å². The van der Waals surface area contributed by atoms with E-state index in [1.165, 1.54) is 77.1 Å². The fourth-order valence-electron chi connectivity index (χ4n) is 11.4. The van der Waals surface area contributed by atoms with Gasteiger partial charge in [-0.2, -0.15) is 0 Å². The van der Waals surface area contributed by atoms with E-state index < -0.39 is 5.41 Å².